The van der Waals surface area contributed by atoms with Crippen LogP contribution < -0.4 is 5.32 Å². The number of fused-ring (bicyclic) bond motifs is 1. The van der Waals surface area contributed by atoms with Gasteiger partial charge in [-0.25, -0.2) is 4.98 Å². The third-order valence-corrected chi connectivity index (χ3v) is 3.47. The number of aliphatic hydroxyl groups is 1. The number of aromatic amines is 1. The number of anilines is 1. The van der Waals surface area contributed by atoms with Crippen LogP contribution in [0, 0.1) is 0 Å². The molecule has 2 aromatic rings. The molecule has 2 aromatic heterocycles. The molecule has 0 spiro atoms. The average Bonchev–Trinajstić information content (AvgIpc) is 2.84. The van der Waals surface area contributed by atoms with Crippen LogP contribution in [0.1, 0.15) is 26.7 Å². The van der Waals surface area contributed by atoms with Gasteiger partial charge in [0.25, 0.3) is 0 Å². The molecule has 0 saturated heterocycles. The molecule has 3 N–H and O–H groups in total. The smallest absolute Gasteiger partial charge is 0.226 e. The van der Waals surface area contributed by atoms with Gasteiger partial charge >= 0.3 is 0 Å². The van der Waals surface area contributed by atoms with E-state index in [9.17, 15) is 5.11 Å². The molecule has 98 valence electrons. The minimum absolute atomic E-state index is 0.0251. The van der Waals surface area contributed by atoms with Gasteiger partial charge in [-0.15, -0.1) is 0 Å². The number of hydrogen-bond acceptors (Lipinski definition) is 5. The molecule has 0 radical (unpaired) electrons. The van der Waals surface area contributed by atoms with Crippen LogP contribution in [0.4, 0.5) is 5.82 Å². The number of rotatable bonds is 5. The second-order valence-corrected chi connectivity index (χ2v) is 4.55. The molecular formula is C11H16ClN5O. The summed E-state index contributed by atoms with van der Waals surface area (Å²) in [6.07, 6.45) is 3.09. The minimum atomic E-state index is -0.407. The maximum atomic E-state index is 9.57. The SMILES string of the molecule is CCC(CC)(CO)Nc1nc(Cl)nc2nc[nH]c12. The van der Waals surface area contributed by atoms with Gasteiger partial charge < -0.3 is 15.4 Å². The van der Waals surface area contributed by atoms with E-state index < -0.39 is 5.54 Å². The van der Waals surface area contributed by atoms with E-state index in [1.54, 1.807) is 6.33 Å². The van der Waals surface area contributed by atoms with E-state index in [0.717, 1.165) is 12.8 Å². The fourth-order valence-electron chi connectivity index (χ4n) is 1.84. The maximum absolute atomic E-state index is 9.57. The first-order valence-electron chi connectivity index (χ1n) is 5.89. The molecule has 0 aliphatic carbocycles. The molecule has 2 heterocycles. The molecule has 18 heavy (non-hydrogen) atoms. The van der Waals surface area contributed by atoms with Crippen LogP contribution in [-0.4, -0.2) is 37.2 Å². The number of hydrogen-bond donors (Lipinski definition) is 3. The summed E-state index contributed by atoms with van der Waals surface area (Å²) in [5.41, 5.74) is 0.797. The molecule has 2 rings (SSSR count). The van der Waals surface area contributed by atoms with E-state index in [1.165, 1.54) is 0 Å². The molecule has 0 aliphatic heterocycles. The largest absolute Gasteiger partial charge is 0.394 e. The second kappa shape index (κ2) is 5.07. The Hall–Kier alpha value is -1.40. The molecule has 0 atom stereocenters. The predicted molar refractivity (Wildman–Crippen MR) is 70.7 cm³/mol. The van der Waals surface area contributed by atoms with Gasteiger partial charge in [0, 0.05) is 0 Å². The first-order valence-corrected chi connectivity index (χ1v) is 6.27. The zero-order valence-corrected chi connectivity index (χ0v) is 11.1. The van der Waals surface area contributed by atoms with Gasteiger partial charge in [-0.05, 0) is 24.4 Å². The lowest BCUT2D eigenvalue weighted by atomic mass is 9.94. The summed E-state index contributed by atoms with van der Waals surface area (Å²) in [4.78, 5) is 15.2. The molecule has 0 saturated carbocycles. The standard InChI is InChI=1S/C11H16ClN5O/c1-3-11(4-2,5-18)17-9-7-8(14-6-13-7)15-10(12)16-9/h6,18H,3-5H2,1-2H3,(H2,13,14,15,16,17). The summed E-state index contributed by atoms with van der Waals surface area (Å²) in [6.45, 7) is 4.05. The number of imidazole rings is 1. The van der Waals surface area contributed by atoms with Crippen molar-refractivity contribution < 1.29 is 5.11 Å². The number of nitrogens with zero attached hydrogens (tertiary/aromatic N) is 3. The predicted octanol–water partition coefficient (Wildman–Crippen LogP) is 1.97. The van der Waals surface area contributed by atoms with Crippen LogP contribution in [0.15, 0.2) is 6.33 Å². The molecule has 0 amide bonds. The lowest BCUT2D eigenvalue weighted by Gasteiger charge is -2.31. The summed E-state index contributed by atoms with van der Waals surface area (Å²) < 4.78 is 0. The number of aromatic nitrogens is 4. The fourth-order valence-corrected chi connectivity index (χ4v) is 2.00. The van der Waals surface area contributed by atoms with Crippen LogP contribution in [0.5, 0.6) is 0 Å². The Morgan fingerprint density at radius 2 is 2.11 bits per heavy atom. The van der Waals surface area contributed by atoms with Crippen molar-refractivity contribution in [2.75, 3.05) is 11.9 Å². The van der Waals surface area contributed by atoms with Crippen molar-refractivity contribution in [2.45, 2.75) is 32.2 Å². The number of halogens is 1. The van der Waals surface area contributed by atoms with Crippen molar-refractivity contribution in [2.24, 2.45) is 0 Å². The third-order valence-electron chi connectivity index (χ3n) is 3.30. The third kappa shape index (κ3) is 2.26. The number of H-pyrrole nitrogens is 1. The summed E-state index contributed by atoms with van der Waals surface area (Å²) in [6, 6.07) is 0. The van der Waals surface area contributed by atoms with Gasteiger partial charge in [0.2, 0.25) is 5.28 Å². The van der Waals surface area contributed by atoms with Crippen LogP contribution >= 0.6 is 11.6 Å². The highest BCUT2D eigenvalue weighted by molar-refractivity contribution is 6.28. The van der Waals surface area contributed by atoms with Crippen molar-refractivity contribution in [1.82, 2.24) is 19.9 Å². The Bertz CT molecular complexity index is 529. The summed E-state index contributed by atoms with van der Waals surface area (Å²) in [5, 5.41) is 13.0. The monoisotopic (exact) mass is 269 g/mol. The Morgan fingerprint density at radius 3 is 2.72 bits per heavy atom. The molecule has 0 unspecified atom stereocenters. The van der Waals surface area contributed by atoms with Crippen molar-refractivity contribution in [3.8, 4) is 0 Å². The van der Waals surface area contributed by atoms with Crippen LogP contribution in [0.25, 0.3) is 11.2 Å². The van der Waals surface area contributed by atoms with Gasteiger partial charge in [0.1, 0.15) is 5.52 Å². The quantitative estimate of drug-likeness (QED) is 0.723. The normalized spacial score (nSPS) is 12.0. The van der Waals surface area contributed by atoms with Crippen molar-refractivity contribution in [3.05, 3.63) is 11.6 Å². The Kier molecular flexibility index (Phi) is 3.68. The minimum Gasteiger partial charge on any atom is -0.394 e. The molecule has 0 bridgehead atoms. The van der Waals surface area contributed by atoms with E-state index >= 15 is 0 Å². The lowest BCUT2D eigenvalue weighted by Crippen LogP contribution is -2.41. The van der Waals surface area contributed by atoms with Gasteiger partial charge in [-0.2, -0.15) is 9.97 Å². The highest BCUT2D eigenvalue weighted by Crippen LogP contribution is 2.25. The van der Waals surface area contributed by atoms with Crippen molar-refractivity contribution >= 4 is 28.6 Å². The molecule has 6 nitrogen and oxygen atoms in total. The molecule has 7 heteroatoms. The second-order valence-electron chi connectivity index (χ2n) is 4.21. The van der Waals surface area contributed by atoms with Crippen LogP contribution in [0.2, 0.25) is 5.28 Å². The maximum Gasteiger partial charge on any atom is 0.226 e. The van der Waals surface area contributed by atoms with Crippen molar-refractivity contribution in [3.63, 3.8) is 0 Å². The van der Waals surface area contributed by atoms with E-state index in [4.69, 9.17) is 11.6 Å². The first-order chi connectivity index (χ1) is 8.64. The highest BCUT2D eigenvalue weighted by Gasteiger charge is 2.26. The highest BCUT2D eigenvalue weighted by atomic mass is 35.5. The molecule has 0 aromatic carbocycles. The molecule has 0 fully saturated rings. The Morgan fingerprint density at radius 1 is 1.39 bits per heavy atom. The van der Waals surface area contributed by atoms with E-state index in [2.05, 4.69) is 25.3 Å². The van der Waals surface area contributed by atoms with E-state index in [1.807, 2.05) is 13.8 Å². The summed E-state index contributed by atoms with van der Waals surface area (Å²) >= 11 is 5.86. The van der Waals surface area contributed by atoms with Gasteiger partial charge in [0.05, 0.1) is 18.5 Å². The molecular weight excluding hydrogens is 254 g/mol. The number of aliphatic hydroxyl groups excluding tert-OH is 1. The van der Waals surface area contributed by atoms with Crippen molar-refractivity contribution in [1.29, 1.82) is 0 Å². The van der Waals surface area contributed by atoms with Crippen LogP contribution in [-0.2, 0) is 0 Å². The zero-order valence-electron chi connectivity index (χ0n) is 10.4. The Balaban J connectivity index is 2.44. The number of nitrogens with one attached hydrogen (secondary N) is 2. The summed E-state index contributed by atoms with van der Waals surface area (Å²) in [7, 11) is 0. The van der Waals surface area contributed by atoms with E-state index in [-0.39, 0.29) is 11.9 Å². The van der Waals surface area contributed by atoms with Gasteiger partial charge in [-0.3, -0.25) is 0 Å². The fraction of sp³-hybridized carbons (Fsp3) is 0.545. The average molecular weight is 270 g/mol. The van der Waals surface area contributed by atoms with Gasteiger partial charge in [0.15, 0.2) is 11.5 Å². The first kappa shape index (κ1) is 13.0. The Labute approximate surface area is 110 Å². The topological polar surface area (TPSA) is 86.7 Å². The van der Waals surface area contributed by atoms with E-state index in [0.29, 0.717) is 17.0 Å². The molecule has 0 aliphatic rings. The summed E-state index contributed by atoms with van der Waals surface area (Å²) in [5.74, 6) is 0.570. The van der Waals surface area contributed by atoms with Crippen LogP contribution in [0.3, 0.4) is 0 Å². The zero-order chi connectivity index (χ0) is 13.2. The van der Waals surface area contributed by atoms with Gasteiger partial charge in [-0.1, -0.05) is 13.8 Å². The lowest BCUT2D eigenvalue weighted by molar-refractivity contribution is 0.202.